The maximum atomic E-state index is 5.38. The van der Waals surface area contributed by atoms with Gasteiger partial charge in [0.1, 0.15) is 0 Å². The fourth-order valence-electron chi connectivity index (χ4n) is 2.00. The van der Waals surface area contributed by atoms with Gasteiger partial charge in [-0.25, -0.2) is 0 Å². The summed E-state index contributed by atoms with van der Waals surface area (Å²) >= 11 is 0. The van der Waals surface area contributed by atoms with E-state index in [2.05, 4.69) is 47.8 Å². The third-order valence-corrected chi connectivity index (χ3v) is 3.10. The molecule has 0 aliphatic carbocycles. The first-order chi connectivity index (χ1) is 9.78. The highest BCUT2D eigenvalue weighted by atomic mass is 16.5. The van der Waals surface area contributed by atoms with Crippen molar-refractivity contribution in [1.29, 1.82) is 0 Å². The number of hydrogen-bond donors (Lipinski definition) is 1. The van der Waals surface area contributed by atoms with Crippen molar-refractivity contribution >= 4 is 0 Å². The van der Waals surface area contributed by atoms with Gasteiger partial charge in [0.15, 0.2) is 0 Å². The molecule has 108 valence electrons. The molecule has 0 amide bonds. The Morgan fingerprint density at radius 3 is 2.80 bits per heavy atom. The molecule has 1 aromatic heterocycles. The number of nitrogens with zero attached hydrogens (tertiary/aromatic N) is 2. The fraction of sp³-hybridized carbons (Fsp3) is 0.438. The Kier molecular flexibility index (Phi) is 5.77. The zero-order chi connectivity index (χ0) is 14.2. The van der Waals surface area contributed by atoms with Gasteiger partial charge in [0, 0.05) is 31.0 Å². The van der Waals surface area contributed by atoms with E-state index in [9.17, 15) is 0 Å². The van der Waals surface area contributed by atoms with Crippen LogP contribution in [0, 0.1) is 0 Å². The number of ether oxygens (including phenoxy) is 1. The van der Waals surface area contributed by atoms with Crippen molar-refractivity contribution < 1.29 is 4.74 Å². The molecule has 20 heavy (non-hydrogen) atoms. The van der Waals surface area contributed by atoms with Gasteiger partial charge < -0.3 is 10.1 Å². The SMILES string of the molecule is CCOCC(C)NCc1cnn(Cc2ccccc2)c1. The van der Waals surface area contributed by atoms with Crippen LogP contribution in [0.15, 0.2) is 42.7 Å². The summed E-state index contributed by atoms with van der Waals surface area (Å²) in [7, 11) is 0. The molecular weight excluding hydrogens is 250 g/mol. The van der Waals surface area contributed by atoms with E-state index in [0.29, 0.717) is 6.04 Å². The van der Waals surface area contributed by atoms with Gasteiger partial charge in [-0.2, -0.15) is 5.10 Å². The molecule has 1 unspecified atom stereocenters. The summed E-state index contributed by atoms with van der Waals surface area (Å²) in [6.45, 7) is 7.29. The lowest BCUT2D eigenvalue weighted by Gasteiger charge is -2.12. The van der Waals surface area contributed by atoms with Crippen LogP contribution in [0.5, 0.6) is 0 Å². The first-order valence-corrected chi connectivity index (χ1v) is 7.14. The fourth-order valence-corrected chi connectivity index (χ4v) is 2.00. The monoisotopic (exact) mass is 273 g/mol. The molecule has 2 aromatic rings. The Labute approximate surface area is 120 Å². The van der Waals surface area contributed by atoms with E-state index in [1.807, 2.05) is 23.9 Å². The lowest BCUT2D eigenvalue weighted by atomic mass is 10.2. The van der Waals surface area contributed by atoms with Gasteiger partial charge in [-0.15, -0.1) is 0 Å². The molecule has 0 radical (unpaired) electrons. The molecule has 4 heteroatoms. The Morgan fingerprint density at radius 1 is 1.25 bits per heavy atom. The van der Waals surface area contributed by atoms with Crippen molar-refractivity contribution in [3.63, 3.8) is 0 Å². The lowest BCUT2D eigenvalue weighted by molar-refractivity contribution is 0.127. The first kappa shape index (κ1) is 14.8. The maximum Gasteiger partial charge on any atom is 0.0659 e. The first-order valence-electron chi connectivity index (χ1n) is 7.14. The van der Waals surface area contributed by atoms with Crippen LogP contribution < -0.4 is 5.32 Å². The van der Waals surface area contributed by atoms with Crippen molar-refractivity contribution in [3.05, 3.63) is 53.9 Å². The highest BCUT2D eigenvalue weighted by Crippen LogP contribution is 2.04. The van der Waals surface area contributed by atoms with Crippen LogP contribution in [0.3, 0.4) is 0 Å². The van der Waals surface area contributed by atoms with Crippen molar-refractivity contribution in [2.24, 2.45) is 0 Å². The molecule has 0 aliphatic rings. The summed E-state index contributed by atoms with van der Waals surface area (Å²) in [5.41, 5.74) is 2.46. The highest BCUT2D eigenvalue weighted by molar-refractivity contribution is 5.15. The summed E-state index contributed by atoms with van der Waals surface area (Å²) in [4.78, 5) is 0. The molecule has 4 nitrogen and oxygen atoms in total. The van der Waals surface area contributed by atoms with Gasteiger partial charge in [-0.1, -0.05) is 30.3 Å². The molecule has 0 bridgehead atoms. The summed E-state index contributed by atoms with van der Waals surface area (Å²) in [6, 6.07) is 10.7. The van der Waals surface area contributed by atoms with Crippen molar-refractivity contribution in [2.75, 3.05) is 13.2 Å². The Morgan fingerprint density at radius 2 is 2.05 bits per heavy atom. The largest absolute Gasteiger partial charge is 0.380 e. The highest BCUT2D eigenvalue weighted by Gasteiger charge is 2.03. The molecule has 1 N–H and O–H groups in total. The summed E-state index contributed by atoms with van der Waals surface area (Å²) < 4.78 is 7.36. The Hall–Kier alpha value is -1.65. The molecule has 1 heterocycles. The molecule has 0 spiro atoms. The van der Waals surface area contributed by atoms with E-state index < -0.39 is 0 Å². The van der Waals surface area contributed by atoms with Crippen molar-refractivity contribution in [3.8, 4) is 0 Å². The summed E-state index contributed by atoms with van der Waals surface area (Å²) in [6.07, 6.45) is 4.01. The second kappa shape index (κ2) is 7.82. The van der Waals surface area contributed by atoms with E-state index in [-0.39, 0.29) is 0 Å². The Bertz CT molecular complexity index is 495. The topological polar surface area (TPSA) is 39.1 Å². The van der Waals surface area contributed by atoms with Crippen molar-refractivity contribution in [2.45, 2.75) is 33.0 Å². The number of nitrogens with one attached hydrogen (secondary N) is 1. The summed E-state index contributed by atoms with van der Waals surface area (Å²) in [5, 5.41) is 7.83. The zero-order valence-electron chi connectivity index (χ0n) is 12.2. The van der Waals surface area contributed by atoms with Gasteiger partial charge in [-0.3, -0.25) is 4.68 Å². The van der Waals surface area contributed by atoms with Crippen LogP contribution in [-0.2, 0) is 17.8 Å². The van der Waals surface area contributed by atoms with Gasteiger partial charge in [-0.05, 0) is 19.4 Å². The Balaban J connectivity index is 1.80. The third-order valence-electron chi connectivity index (χ3n) is 3.10. The molecular formula is C16H23N3O. The number of rotatable bonds is 8. The van der Waals surface area contributed by atoms with Gasteiger partial charge in [0.2, 0.25) is 0 Å². The van der Waals surface area contributed by atoms with Crippen LogP contribution in [0.1, 0.15) is 25.0 Å². The summed E-state index contributed by atoms with van der Waals surface area (Å²) in [5.74, 6) is 0. The second-order valence-electron chi connectivity index (χ2n) is 4.97. The normalized spacial score (nSPS) is 12.5. The average Bonchev–Trinajstić information content (AvgIpc) is 2.91. The smallest absolute Gasteiger partial charge is 0.0659 e. The van der Waals surface area contributed by atoms with E-state index in [0.717, 1.165) is 26.3 Å². The number of benzene rings is 1. The molecule has 0 fully saturated rings. The minimum Gasteiger partial charge on any atom is -0.380 e. The van der Waals surface area contributed by atoms with Crippen LogP contribution in [-0.4, -0.2) is 29.0 Å². The van der Waals surface area contributed by atoms with Gasteiger partial charge >= 0.3 is 0 Å². The van der Waals surface area contributed by atoms with Gasteiger partial charge in [0.05, 0.1) is 19.3 Å². The minimum atomic E-state index is 0.354. The molecule has 0 saturated heterocycles. The average molecular weight is 273 g/mol. The number of hydrogen-bond acceptors (Lipinski definition) is 3. The molecule has 0 saturated carbocycles. The third kappa shape index (κ3) is 4.79. The van der Waals surface area contributed by atoms with E-state index >= 15 is 0 Å². The van der Waals surface area contributed by atoms with Crippen molar-refractivity contribution in [1.82, 2.24) is 15.1 Å². The van der Waals surface area contributed by atoms with E-state index in [1.54, 1.807) is 0 Å². The standard InChI is InChI=1S/C16H23N3O/c1-3-20-13-14(2)17-9-16-10-18-19(12-16)11-15-7-5-4-6-8-15/h4-8,10,12,14,17H,3,9,11,13H2,1-2H3. The van der Waals surface area contributed by atoms with Crippen LogP contribution in [0.4, 0.5) is 0 Å². The zero-order valence-corrected chi connectivity index (χ0v) is 12.2. The van der Waals surface area contributed by atoms with E-state index in [4.69, 9.17) is 4.74 Å². The second-order valence-corrected chi connectivity index (χ2v) is 4.97. The van der Waals surface area contributed by atoms with Gasteiger partial charge in [0.25, 0.3) is 0 Å². The minimum absolute atomic E-state index is 0.354. The van der Waals surface area contributed by atoms with Crippen LogP contribution in [0.25, 0.3) is 0 Å². The molecule has 0 aliphatic heterocycles. The lowest BCUT2D eigenvalue weighted by Crippen LogP contribution is -2.29. The van der Waals surface area contributed by atoms with Crippen LogP contribution >= 0.6 is 0 Å². The molecule has 2 rings (SSSR count). The quantitative estimate of drug-likeness (QED) is 0.803. The number of aromatic nitrogens is 2. The predicted octanol–water partition coefficient (Wildman–Crippen LogP) is 2.45. The maximum absolute atomic E-state index is 5.38. The molecule has 1 aromatic carbocycles. The van der Waals surface area contributed by atoms with Crippen LogP contribution in [0.2, 0.25) is 0 Å². The van der Waals surface area contributed by atoms with E-state index in [1.165, 1.54) is 11.1 Å². The predicted molar refractivity (Wildman–Crippen MR) is 80.6 cm³/mol. The molecule has 1 atom stereocenters.